The maximum Gasteiger partial charge on any atom is -0.0417 e. The van der Waals surface area contributed by atoms with Crippen molar-refractivity contribution in [3.63, 3.8) is 0 Å². The van der Waals surface area contributed by atoms with Gasteiger partial charge >= 0.3 is 0 Å². The summed E-state index contributed by atoms with van der Waals surface area (Å²) in [6, 6.07) is 0. The molecule has 0 aromatic carbocycles. The lowest BCUT2D eigenvalue weighted by molar-refractivity contribution is 0.392. The van der Waals surface area contributed by atoms with Crippen LogP contribution >= 0.6 is 0 Å². The monoisotopic (exact) mass is 577 g/mol. The fourth-order valence-electron chi connectivity index (χ4n) is 6.87. The lowest BCUT2D eigenvalue weighted by atomic mass is 9.92. The van der Waals surface area contributed by atoms with Crippen LogP contribution in [0.15, 0.2) is 0 Å². The Bertz CT molecular complexity index is 388. The van der Waals surface area contributed by atoms with E-state index in [0.29, 0.717) is 0 Å². The van der Waals surface area contributed by atoms with E-state index in [9.17, 15) is 0 Å². The van der Waals surface area contributed by atoms with Crippen molar-refractivity contribution in [3.8, 4) is 0 Å². The van der Waals surface area contributed by atoms with E-state index in [0.717, 1.165) is 5.92 Å². The molecule has 0 atom stereocenters. The summed E-state index contributed by atoms with van der Waals surface area (Å²) in [6.07, 6.45) is 54.8. The molecule has 0 aliphatic carbocycles. The molecule has 0 aliphatic rings. The predicted octanol–water partition coefficient (Wildman–Crippen LogP) is 16.1. The highest BCUT2D eigenvalue weighted by Crippen LogP contribution is 2.22. The normalized spacial score (nSPS) is 11.7. The van der Waals surface area contributed by atoms with Gasteiger partial charge in [-0.05, 0) is 5.92 Å². The molecule has 0 amide bonds. The Kier molecular flexibility index (Phi) is 38.0. The summed E-state index contributed by atoms with van der Waals surface area (Å²) in [7, 11) is 0. The summed E-state index contributed by atoms with van der Waals surface area (Å²) in [6.45, 7) is 7.06. The van der Waals surface area contributed by atoms with Gasteiger partial charge in [0.15, 0.2) is 0 Å². The van der Waals surface area contributed by atoms with E-state index in [4.69, 9.17) is 0 Å². The van der Waals surface area contributed by atoms with Gasteiger partial charge in [0.25, 0.3) is 0 Å². The Morgan fingerprint density at radius 3 is 0.561 bits per heavy atom. The third-order valence-electron chi connectivity index (χ3n) is 10.0. The van der Waals surface area contributed by atoms with Crippen LogP contribution in [-0.4, -0.2) is 0 Å². The fourth-order valence-corrected chi connectivity index (χ4v) is 6.87. The minimum atomic E-state index is 1.02. The average Bonchev–Trinajstić information content (AvgIpc) is 2.99. The van der Waals surface area contributed by atoms with Crippen molar-refractivity contribution in [1.82, 2.24) is 0 Å². The van der Waals surface area contributed by atoms with E-state index in [1.54, 1.807) is 0 Å². The van der Waals surface area contributed by atoms with E-state index in [1.165, 1.54) is 238 Å². The maximum atomic E-state index is 2.44. The molecule has 0 N–H and O–H groups in total. The van der Waals surface area contributed by atoms with E-state index in [-0.39, 0.29) is 0 Å². The molecule has 0 aliphatic heterocycles. The lowest BCUT2D eigenvalue weighted by Gasteiger charge is -2.14. The van der Waals surface area contributed by atoms with Crippen LogP contribution in [0.3, 0.4) is 0 Å². The molecule has 0 unspecified atom stereocenters. The molecule has 41 heavy (non-hydrogen) atoms. The van der Waals surface area contributed by atoms with Crippen LogP contribution in [-0.2, 0) is 0 Å². The number of hydrogen-bond donors (Lipinski definition) is 0. The minimum Gasteiger partial charge on any atom is -0.0654 e. The van der Waals surface area contributed by atoms with Crippen molar-refractivity contribution in [3.05, 3.63) is 0 Å². The average molecular weight is 577 g/mol. The van der Waals surface area contributed by atoms with E-state index >= 15 is 0 Å². The molecule has 0 bridgehead atoms. The van der Waals surface area contributed by atoms with Gasteiger partial charge in [-0.3, -0.25) is 0 Å². The first-order valence-electron chi connectivity index (χ1n) is 20.3. The zero-order valence-corrected chi connectivity index (χ0v) is 29.7. The highest BCUT2D eigenvalue weighted by Gasteiger charge is 2.06. The zero-order chi connectivity index (χ0) is 29.7. The van der Waals surface area contributed by atoms with E-state index < -0.39 is 0 Å². The third kappa shape index (κ3) is 36.1. The molecular formula is C41H84. The molecular weight excluding hydrogens is 492 g/mol. The first-order valence-corrected chi connectivity index (χ1v) is 20.3. The SMILES string of the molecule is CCCCCCCCCCCCCCCCCCCC(CC)CCCCCCCCCCCCCCCCCCC. The Labute approximate surface area is 263 Å². The van der Waals surface area contributed by atoms with Crippen molar-refractivity contribution in [2.45, 2.75) is 258 Å². The summed E-state index contributed by atoms with van der Waals surface area (Å²) < 4.78 is 0. The highest BCUT2D eigenvalue weighted by atomic mass is 14.1. The molecule has 0 radical (unpaired) electrons. The Balaban J connectivity index is 3.24. The molecule has 0 aromatic heterocycles. The Morgan fingerprint density at radius 2 is 0.390 bits per heavy atom. The van der Waals surface area contributed by atoms with Crippen LogP contribution in [0.4, 0.5) is 0 Å². The van der Waals surface area contributed by atoms with Crippen molar-refractivity contribution in [1.29, 1.82) is 0 Å². The van der Waals surface area contributed by atoms with Gasteiger partial charge in [0.05, 0.1) is 0 Å². The molecule has 0 saturated carbocycles. The molecule has 0 heteroatoms. The summed E-state index contributed by atoms with van der Waals surface area (Å²) >= 11 is 0. The topological polar surface area (TPSA) is 0 Å². The Morgan fingerprint density at radius 1 is 0.220 bits per heavy atom. The van der Waals surface area contributed by atoms with Crippen LogP contribution in [0.5, 0.6) is 0 Å². The molecule has 0 heterocycles. The standard InChI is InChI=1S/C41H84/c1-4-7-9-11-13-15-17-19-21-23-25-27-29-31-33-35-37-39-41(6-3)40-38-36-34-32-30-28-26-24-22-20-18-16-14-12-10-8-5-2/h41H,4-40H2,1-3H3. The molecule has 0 aromatic rings. The molecule has 248 valence electrons. The van der Waals surface area contributed by atoms with Crippen LogP contribution in [0.25, 0.3) is 0 Å². The van der Waals surface area contributed by atoms with E-state index in [1.807, 2.05) is 0 Å². The number of rotatable bonds is 37. The van der Waals surface area contributed by atoms with Crippen molar-refractivity contribution in [2.24, 2.45) is 5.92 Å². The summed E-state index contributed by atoms with van der Waals surface area (Å²) in [5.41, 5.74) is 0. The van der Waals surface area contributed by atoms with Crippen LogP contribution in [0.2, 0.25) is 0 Å². The summed E-state index contributed by atoms with van der Waals surface area (Å²) in [5.74, 6) is 1.02. The van der Waals surface area contributed by atoms with Gasteiger partial charge in [-0.25, -0.2) is 0 Å². The van der Waals surface area contributed by atoms with Crippen molar-refractivity contribution in [2.75, 3.05) is 0 Å². The molecule has 0 fully saturated rings. The van der Waals surface area contributed by atoms with Gasteiger partial charge in [0.2, 0.25) is 0 Å². The van der Waals surface area contributed by atoms with Gasteiger partial charge in [0, 0.05) is 0 Å². The van der Waals surface area contributed by atoms with Crippen molar-refractivity contribution >= 4 is 0 Å². The smallest absolute Gasteiger partial charge is 0.0417 e. The first-order chi connectivity index (χ1) is 20.3. The predicted molar refractivity (Wildman–Crippen MR) is 191 cm³/mol. The fraction of sp³-hybridized carbons (Fsp3) is 1.00. The summed E-state index contributed by atoms with van der Waals surface area (Å²) in [5, 5.41) is 0. The van der Waals surface area contributed by atoms with Crippen LogP contribution in [0, 0.1) is 5.92 Å². The second-order valence-corrected chi connectivity index (χ2v) is 14.2. The largest absolute Gasteiger partial charge is 0.0654 e. The number of hydrogen-bond acceptors (Lipinski definition) is 0. The highest BCUT2D eigenvalue weighted by molar-refractivity contribution is 4.60. The molecule has 0 nitrogen and oxygen atoms in total. The van der Waals surface area contributed by atoms with Gasteiger partial charge in [0.1, 0.15) is 0 Å². The molecule has 0 saturated heterocycles. The second-order valence-electron chi connectivity index (χ2n) is 14.2. The molecule has 0 rings (SSSR count). The Hall–Kier alpha value is 0. The molecule has 0 spiro atoms. The lowest BCUT2D eigenvalue weighted by Crippen LogP contribution is -1.99. The van der Waals surface area contributed by atoms with E-state index in [2.05, 4.69) is 20.8 Å². The number of unbranched alkanes of at least 4 members (excludes halogenated alkanes) is 32. The summed E-state index contributed by atoms with van der Waals surface area (Å²) in [4.78, 5) is 0. The third-order valence-corrected chi connectivity index (χ3v) is 10.0. The van der Waals surface area contributed by atoms with Gasteiger partial charge in [-0.15, -0.1) is 0 Å². The first kappa shape index (κ1) is 41.0. The van der Waals surface area contributed by atoms with Crippen LogP contribution in [0.1, 0.15) is 258 Å². The van der Waals surface area contributed by atoms with Crippen LogP contribution < -0.4 is 0 Å². The van der Waals surface area contributed by atoms with Gasteiger partial charge in [-0.1, -0.05) is 258 Å². The minimum absolute atomic E-state index is 1.02. The van der Waals surface area contributed by atoms with Crippen molar-refractivity contribution < 1.29 is 0 Å². The second kappa shape index (κ2) is 38.0. The maximum absolute atomic E-state index is 2.44. The van der Waals surface area contributed by atoms with Gasteiger partial charge < -0.3 is 0 Å². The zero-order valence-electron chi connectivity index (χ0n) is 29.7. The quantitative estimate of drug-likeness (QED) is 0.0645. The van der Waals surface area contributed by atoms with Gasteiger partial charge in [-0.2, -0.15) is 0 Å².